The summed E-state index contributed by atoms with van der Waals surface area (Å²) in [6, 6.07) is 6.44. The molecule has 3 heterocycles. The van der Waals surface area contributed by atoms with E-state index in [1.165, 1.54) is 6.42 Å². The largest absolute Gasteiger partial charge is 0.454 e. The highest BCUT2D eigenvalue weighted by Gasteiger charge is 2.23. The van der Waals surface area contributed by atoms with Gasteiger partial charge in [-0.05, 0) is 31.5 Å². The number of likely N-dealkylation sites (tertiary alicyclic amines) is 1. The maximum Gasteiger partial charge on any atom is 0.231 e. The van der Waals surface area contributed by atoms with Crippen molar-refractivity contribution in [2.75, 3.05) is 44.2 Å². The molecule has 6 nitrogen and oxygen atoms in total. The van der Waals surface area contributed by atoms with E-state index in [4.69, 9.17) is 21.1 Å². The third-order valence-electron chi connectivity index (χ3n) is 4.64. The van der Waals surface area contributed by atoms with Gasteiger partial charge in [0.25, 0.3) is 0 Å². The van der Waals surface area contributed by atoms with E-state index in [0.717, 1.165) is 53.3 Å². The molecular weight excluding hydrogens is 372 g/mol. The van der Waals surface area contributed by atoms with Gasteiger partial charge in [-0.3, -0.25) is 4.90 Å². The lowest BCUT2D eigenvalue weighted by Gasteiger charge is -2.33. The molecule has 1 N–H and O–H groups in total. The van der Waals surface area contributed by atoms with E-state index in [2.05, 4.69) is 21.3 Å². The minimum absolute atomic E-state index is 0.306. The SMILES string of the molecule is CN(C)c1nc(Cl)c(CN2CCC[C@H](Nc3ccc4c(c3)OCO4)C2)s1. The summed E-state index contributed by atoms with van der Waals surface area (Å²) in [5.74, 6) is 1.63. The summed E-state index contributed by atoms with van der Waals surface area (Å²) in [5.41, 5.74) is 1.08. The predicted molar refractivity (Wildman–Crippen MR) is 106 cm³/mol. The minimum atomic E-state index is 0.306. The second kappa shape index (κ2) is 7.50. The maximum atomic E-state index is 6.33. The van der Waals surface area contributed by atoms with E-state index in [0.29, 0.717) is 18.0 Å². The number of nitrogens with one attached hydrogen (secondary N) is 1. The van der Waals surface area contributed by atoms with E-state index in [-0.39, 0.29) is 0 Å². The molecule has 0 spiro atoms. The van der Waals surface area contributed by atoms with Crippen LogP contribution in [0.4, 0.5) is 10.8 Å². The molecule has 0 saturated carbocycles. The molecule has 2 aliphatic heterocycles. The summed E-state index contributed by atoms with van der Waals surface area (Å²) >= 11 is 8.00. The van der Waals surface area contributed by atoms with Crippen molar-refractivity contribution in [3.8, 4) is 11.5 Å². The van der Waals surface area contributed by atoms with Crippen molar-refractivity contribution in [2.24, 2.45) is 0 Å². The van der Waals surface area contributed by atoms with E-state index < -0.39 is 0 Å². The Morgan fingerprint density at radius 3 is 3.00 bits per heavy atom. The van der Waals surface area contributed by atoms with E-state index in [9.17, 15) is 0 Å². The molecule has 2 aliphatic rings. The zero-order valence-corrected chi connectivity index (χ0v) is 16.6. The van der Waals surface area contributed by atoms with Gasteiger partial charge < -0.3 is 19.7 Å². The molecule has 26 heavy (non-hydrogen) atoms. The molecule has 1 saturated heterocycles. The first-order chi connectivity index (χ1) is 12.6. The molecule has 0 aliphatic carbocycles. The van der Waals surface area contributed by atoms with Gasteiger partial charge in [-0.1, -0.05) is 22.9 Å². The highest BCUT2D eigenvalue weighted by atomic mass is 35.5. The van der Waals surface area contributed by atoms with Crippen molar-refractivity contribution in [2.45, 2.75) is 25.4 Å². The molecule has 0 bridgehead atoms. The molecule has 4 rings (SSSR count). The number of piperidine rings is 1. The second-order valence-corrected chi connectivity index (χ2v) is 8.31. The second-order valence-electron chi connectivity index (χ2n) is 6.89. The van der Waals surface area contributed by atoms with Crippen LogP contribution in [0.1, 0.15) is 17.7 Å². The van der Waals surface area contributed by atoms with Crippen molar-refractivity contribution < 1.29 is 9.47 Å². The first-order valence-electron chi connectivity index (χ1n) is 8.79. The fourth-order valence-corrected chi connectivity index (χ4v) is 4.57. The van der Waals surface area contributed by atoms with Gasteiger partial charge in [0.15, 0.2) is 16.6 Å². The molecular formula is C18H23ClN4O2S. The quantitative estimate of drug-likeness (QED) is 0.835. The number of hydrogen-bond acceptors (Lipinski definition) is 7. The smallest absolute Gasteiger partial charge is 0.231 e. The van der Waals surface area contributed by atoms with E-state index >= 15 is 0 Å². The van der Waals surface area contributed by atoms with Gasteiger partial charge >= 0.3 is 0 Å². The number of ether oxygens (including phenoxy) is 2. The van der Waals surface area contributed by atoms with Gasteiger partial charge in [-0.2, -0.15) is 0 Å². The lowest BCUT2D eigenvalue weighted by atomic mass is 10.1. The lowest BCUT2D eigenvalue weighted by molar-refractivity contribution is 0.174. The Kier molecular flexibility index (Phi) is 5.11. The molecule has 0 unspecified atom stereocenters. The number of nitrogens with zero attached hydrogens (tertiary/aromatic N) is 3. The third-order valence-corrected chi connectivity index (χ3v) is 6.27. The van der Waals surface area contributed by atoms with Crippen LogP contribution in [0.3, 0.4) is 0 Å². The van der Waals surface area contributed by atoms with Gasteiger partial charge in [0, 0.05) is 45.0 Å². The fraction of sp³-hybridized carbons (Fsp3) is 0.500. The molecule has 2 aromatic rings. The highest BCUT2D eigenvalue weighted by molar-refractivity contribution is 7.16. The van der Waals surface area contributed by atoms with Crippen LogP contribution in [-0.4, -0.2) is 49.9 Å². The molecule has 0 radical (unpaired) electrons. The number of halogens is 1. The number of fused-ring (bicyclic) bond motifs is 1. The number of benzene rings is 1. The molecule has 1 aromatic heterocycles. The molecule has 8 heteroatoms. The van der Waals surface area contributed by atoms with Crippen molar-refractivity contribution in [1.82, 2.24) is 9.88 Å². The Hall–Kier alpha value is -1.70. The predicted octanol–water partition coefficient (Wildman–Crippen LogP) is 3.67. The van der Waals surface area contributed by atoms with E-state index in [1.807, 2.05) is 31.1 Å². The number of rotatable bonds is 5. The van der Waals surface area contributed by atoms with Crippen LogP contribution < -0.4 is 19.7 Å². The van der Waals surface area contributed by atoms with Crippen LogP contribution in [0.15, 0.2) is 18.2 Å². The average Bonchev–Trinajstić information content (AvgIpc) is 3.22. The fourth-order valence-electron chi connectivity index (χ4n) is 3.35. The Morgan fingerprint density at radius 1 is 1.35 bits per heavy atom. The lowest BCUT2D eigenvalue weighted by Crippen LogP contribution is -2.41. The molecule has 1 fully saturated rings. The number of aromatic nitrogens is 1. The van der Waals surface area contributed by atoms with Crippen LogP contribution in [0.2, 0.25) is 5.15 Å². The Bertz CT molecular complexity index is 783. The van der Waals surface area contributed by atoms with Crippen LogP contribution >= 0.6 is 22.9 Å². The number of thiazole rings is 1. The topological polar surface area (TPSA) is 49.9 Å². The summed E-state index contributed by atoms with van der Waals surface area (Å²) in [4.78, 5) is 10.0. The zero-order valence-electron chi connectivity index (χ0n) is 15.0. The summed E-state index contributed by atoms with van der Waals surface area (Å²) in [7, 11) is 3.98. The molecule has 140 valence electrons. The maximum absolute atomic E-state index is 6.33. The number of anilines is 2. The standard InChI is InChI=1S/C18H23ClN4O2S/c1-22(2)18-21-17(19)16(26-18)10-23-7-3-4-13(9-23)20-12-5-6-14-15(8-12)25-11-24-14/h5-6,8,13,20H,3-4,7,9-11H2,1-2H3/t13-/m0/s1. The van der Waals surface area contributed by atoms with Crippen LogP contribution in [0.25, 0.3) is 0 Å². The first-order valence-corrected chi connectivity index (χ1v) is 9.99. The monoisotopic (exact) mass is 394 g/mol. The molecule has 1 atom stereocenters. The summed E-state index contributed by atoms with van der Waals surface area (Å²) in [5, 5.41) is 5.22. The van der Waals surface area contributed by atoms with Gasteiger partial charge in [0.1, 0.15) is 5.15 Å². The Morgan fingerprint density at radius 2 is 2.19 bits per heavy atom. The normalized spacial score (nSPS) is 19.6. The minimum Gasteiger partial charge on any atom is -0.454 e. The summed E-state index contributed by atoms with van der Waals surface area (Å²) < 4.78 is 10.8. The highest BCUT2D eigenvalue weighted by Crippen LogP contribution is 2.35. The Labute approximate surface area is 162 Å². The van der Waals surface area contributed by atoms with Crippen LogP contribution in [0.5, 0.6) is 11.5 Å². The first kappa shape index (κ1) is 17.7. The third kappa shape index (κ3) is 3.84. The van der Waals surface area contributed by atoms with Gasteiger partial charge in [-0.25, -0.2) is 4.98 Å². The summed E-state index contributed by atoms with van der Waals surface area (Å²) in [6.45, 7) is 3.23. The van der Waals surface area contributed by atoms with Crippen molar-refractivity contribution in [3.63, 3.8) is 0 Å². The summed E-state index contributed by atoms with van der Waals surface area (Å²) in [6.07, 6.45) is 2.32. The van der Waals surface area contributed by atoms with Gasteiger partial charge in [0.05, 0.1) is 4.88 Å². The average molecular weight is 395 g/mol. The van der Waals surface area contributed by atoms with E-state index in [1.54, 1.807) is 11.3 Å². The van der Waals surface area contributed by atoms with Crippen molar-refractivity contribution in [1.29, 1.82) is 0 Å². The van der Waals surface area contributed by atoms with Crippen molar-refractivity contribution in [3.05, 3.63) is 28.2 Å². The Balaban J connectivity index is 1.38. The number of hydrogen-bond donors (Lipinski definition) is 1. The van der Waals surface area contributed by atoms with Gasteiger partial charge in [0.2, 0.25) is 6.79 Å². The van der Waals surface area contributed by atoms with Crippen LogP contribution in [-0.2, 0) is 6.54 Å². The van der Waals surface area contributed by atoms with Crippen LogP contribution in [0, 0.1) is 0 Å². The van der Waals surface area contributed by atoms with Gasteiger partial charge in [-0.15, -0.1) is 0 Å². The van der Waals surface area contributed by atoms with Crippen molar-refractivity contribution >= 4 is 33.8 Å². The molecule has 0 amide bonds. The molecule has 1 aromatic carbocycles. The zero-order chi connectivity index (χ0) is 18.1.